The molecule has 0 bridgehead atoms. The topological polar surface area (TPSA) is 112 Å². The number of carbonyl (C=O) groups is 1. The molecule has 0 saturated carbocycles. The third-order valence-corrected chi connectivity index (χ3v) is 6.98. The van der Waals surface area contributed by atoms with Crippen molar-refractivity contribution in [3.05, 3.63) is 66.6 Å². The first kappa shape index (κ1) is 22.1. The number of carbonyl (C=O) groups excluding carboxylic acids is 1. The van der Waals surface area contributed by atoms with Crippen molar-refractivity contribution in [1.29, 1.82) is 0 Å². The van der Waals surface area contributed by atoms with Gasteiger partial charge in [-0.15, -0.1) is 11.3 Å². The van der Waals surface area contributed by atoms with Crippen molar-refractivity contribution in [1.82, 2.24) is 30.1 Å². The molecule has 0 fully saturated rings. The molecule has 9 heteroatoms. The number of thiophene rings is 1. The molecule has 6 rings (SSSR count). The highest BCUT2D eigenvalue weighted by Gasteiger charge is 2.16. The Kier molecular flexibility index (Phi) is 5.74. The number of nitrogens with zero attached hydrogens (tertiary/aromatic N) is 4. The van der Waals surface area contributed by atoms with Gasteiger partial charge in [-0.1, -0.05) is 25.5 Å². The van der Waals surface area contributed by atoms with Gasteiger partial charge in [0.2, 0.25) is 5.91 Å². The molecule has 178 valence electrons. The van der Waals surface area contributed by atoms with Gasteiger partial charge in [-0.2, -0.15) is 5.10 Å². The minimum absolute atomic E-state index is 0.00432. The van der Waals surface area contributed by atoms with E-state index in [4.69, 9.17) is 4.98 Å². The maximum atomic E-state index is 12.2. The number of aromatic amines is 2. The summed E-state index contributed by atoms with van der Waals surface area (Å²) < 4.78 is 0. The van der Waals surface area contributed by atoms with Crippen LogP contribution in [0.15, 0.2) is 66.6 Å². The highest BCUT2D eigenvalue weighted by Crippen LogP contribution is 2.34. The zero-order chi connectivity index (χ0) is 24.5. The summed E-state index contributed by atoms with van der Waals surface area (Å²) in [7, 11) is 0. The van der Waals surface area contributed by atoms with Gasteiger partial charge in [-0.3, -0.25) is 19.9 Å². The van der Waals surface area contributed by atoms with Gasteiger partial charge in [0.15, 0.2) is 5.82 Å². The third-order valence-electron chi connectivity index (χ3n) is 6.08. The second-order valence-electron chi connectivity index (χ2n) is 8.59. The van der Waals surface area contributed by atoms with Crippen molar-refractivity contribution < 1.29 is 4.79 Å². The summed E-state index contributed by atoms with van der Waals surface area (Å²) in [5, 5.41) is 13.6. The normalized spacial score (nSPS) is 11.4. The van der Waals surface area contributed by atoms with Gasteiger partial charge < -0.3 is 10.3 Å². The van der Waals surface area contributed by atoms with Crippen LogP contribution in [0.1, 0.15) is 26.2 Å². The van der Waals surface area contributed by atoms with E-state index in [9.17, 15) is 4.79 Å². The summed E-state index contributed by atoms with van der Waals surface area (Å²) in [4.78, 5) is 30.3. The van der Waals surface area contributed by atoms with Crippen LogP contribution in [0.25, 0.3) is 55.0 Å². The predicted molar refractivity (Wildman–Crippen MR) is 144 cm³/mol. The molecule has 0 aliphatic heterocycles. The average Bonchev–Trinajstić information content (AvgIpc) is 3.66. The molecule has 0 unspecified atom stereocenters. The van der Waals surface area contributed by atoms with Gasteiger partial charge in [0, 0.05) is 40.2 Å². The van der Waals surface area contributed by atoms with E-state index >= 15 is 0 Å². The molecule has 0 saturated heterocycles. The Morgan fingerprint density at radius 2 is 1.94 bits per heavy atom. The Morgan fingerprint density at radius 1 is 1.03 bits per heavy atom. The van der Waals surface area contributed by atoms with Crippen molar-refractivity contribution in [3.63, 3.8) is 0 Å². The second-order valence-corrected chi connectivity index (χ2v) is 9.54. The fourth-order valence-corrected chi connectivity index (χ4v) is 5.00. The Bertz CT molecular complexity index is 1680. The molecule has 5 heterocycles. The van der Waals surface area contributed by atoms with Gasteiger partial charge in [0.25, 0.3) is 0 Å². The van der Waals surface area contributed by atoms with Crippen LogP contribution in [0.3, 0.4) is 0 Å². The summed E-state index contributed by atoms with van der Waals surface area (Å²) in [6, 6.07) is 12.1. The molecule has 8 nitrogen and oxygen atoms in total. The number of unbranched alkanes of at least 4 members (excludes halogenated alkanes) is 1. The Hall–Kier alpha value is -4.37. The lowest BCUT2D eigenvalue weighted by Crippen LogP contribution is -2.11. The van der Waals surface area contributed by atoms with E-state index in [-0.39, 0.29) is 5.91 Å². The Balaban J connectivity index is 1.37. The lowest BCUT2D eigenvalue weighted by atomic mass is 10.0. The first-order valence-corrected chi connectivity index (χ1v) is 12.7. The summed E-state index contributed by atoms with van der Waals surface area (Å²) in [5.74, 6) is 0.680. The Labute approximate surface area is 210 Å². The Morgan fingerprint density at radius 3 is 2.81 bits per heavy atom. The number of hydrogen-bond donors (Lipinski definition) is 3. The SMILES string of the molecule is CCCCC(=O)Nc1cncc(-c2ccc3[nH]nc(-c4nc5c(-c6cccs6)cncc5[nH]4)c3c2)c1. The molecule has 0 spiro atoms. The average molecular weight is 494 g/mol. The quantitative estimate of drug-likeness (QED) is 0.237. The van der Waals surface area contributed by atoms with Crippen LogP contribution in [0.5, 0.6) is 0 Å². The molecule has 36 heavy (non-hydrogen) atoms. The molecule has 1 aromatic carbocycles. The van der Waals surface area contributed by atoms with Crippen LogP contribution in [-0.2, 0) is 4.79 Å². The standard InChI is InChI=1S/C27H23N7OS/c1-2-3-6-24(35)30-18-10-17(12-28-13-18)16-7-8-21-19(11-16)26(34-33-21)27-31-22-15-29-14-20(25(22)32-27)23-5-4-9-36-23/h4-5,7-15H,2-3,6H2,1H3,(H,30,35)(H,31,32)(H,33,34). The van der Waals surface area contributed by atoms with Gasteiger partial charge in [-0.05, 0) is 41.6 Å². The van der Waals surface area contributed by atoms with Crippen LogP contribution in [0.2, 0.25) is 0 Å². The predicted octanol–water partition coefficient (Wildman–Crippen LogP) is 6.42. The monoisotopic (exact) mass is 493 g/mol. The van der Waals surface area contributed by atoms with E-state index < -0.39 is 0 Å². The van der Waals surface area contributed by atoms with Crippen LogP contribution in [0, 0.1) is 0 Å². The van der Waals surface area contributed by atoms with Crippen LogP contribution in [0.4, 0.5) is 5.69 Å². The molecule has 1 amide bonds. The molecule has 0 aliphatic carbocycles. The fraction of sp³-hybridized carbons (Fsp3) is 0.148. The zero-order valence-electron chi connectivity index (χ0n) is 19.6. The number of aromatic nitrogens is 6. The van der Waals surface area contributed by atoms with E-state index in [0.717, 1.165) is 62.0 Å². The number of amides is 1. The molecule has 0 atom stereocenters. The highest BCUT2D eigenvalue weighted by atomic mass is 32.1. The second kappa shape index (κ2) is 9.35. The molecule has 3 N–H and O–H groups in total. The zero-order valence-corrected chi connectivity index (χ0v) is 20.4. The van der Waals surface area contributed by atoms with E-state index in [2.05, 4.69) is 49.5 Å². The number of nitrogens with one attached hydrogen (secondary N) is 3. The van der Waals surface area contributed by atoms with E-state index in [1.807, 2.05) is 35.8 Å². The summed E-state index contributed by atoms with van der Waals surface area (Å²) in [6.45, 7) is 2.07. The molecular weight excluding hydrogens is 470 g/mol. The number of pyridine rings is 2. The molecule has 6 aromatic rings. The summed E-state index contributed by atoms with van der Waals surface area (Å²) >= 11 is 1.66. The highest BCUT2D eigenvalue weighted by molar-refractivity contribution is 7.13. The summed E-state index contributed by atoms with van der Waals surface area (Å²) in [6.07, 6.45) is 9.45. The number of hydrogen-bond acceptors (Lipinski definition) is 6. The van der Waals surface area contributed by atoms with Crippen molar-refractivity contribution >= 4 is 44.9 Å². The van der Waals surface area contributed by atoms with Gasteiger partial charge in [0.1, 0.15) is 11.2 Å². The van der Waals surface area contributed by atoms with Crippen molar-refractivity contribution in [2.24, 2.45) is 0 Å². The molecule has 5 aromatic heterocycles. The molecule has 0 radical (unpaired) electrons. The lowest BCUT2D eigenvalue weighted by Gasteiger charge is -2.07. The van der Waals surface area contributed by atoms with Crippen LogP contribution >= 0.6 is 11.3 Å². The van der Waals surface area contributed by atoms with Gasteiger partial charge in [-0.25, -0.2) is 4.98 Å². The van der Waals surface area contributed by atoms with Crippen molar-refractivity contribution in [2.45, 2.75) is 26.2 Å². The van der Waals surface area contributed by atoms with Gasteiger partial charge >= 0.3 is 0 Å². The number of fused-ring (bicyclic) bond motifs is 2. The number of anilines is 1. The van der Waals surface area contributed by atoms with E-state index in [1.54, 1.807) is 29.9 Å². The number of benzene rings is 1. The van der Waals surface area contributed by atoms with E-state index in [0.29, 0.717) is 17.9 Å². The minimum Gasteiger partial charge on any atom is -0.335 e. The summed E-state index contributed by atoms with van der Waals surface area (Å²) in [5.41, 5.74) is 6.93. The molecule has 0 aliphatic rings. The lowest BCUT2D eigenvalue weighted by molar-refractivity contribution is -0.116. The number of H-pyrrole nitrogens is 2. The minimum atomic E-state index is 0.00432. The van der Waals surface area contributed by atoms with Crippen LogP contribution in [-0.4, -0.2) is 36.0 Å². The largest absolute Gasteiger partial charge is 0.335 e. The van der Waals surface area contributed by atoms with E-state index in [1.165, 1.54) is 0 Å². The smallest absolute Gasteiger partial charge is 0.224 e. The maximum Gasteiger partial charge on any atom is 0.224 e. The number of rotatable bonds is 7. The maximum absolute atomic E-state index is 12.2. The van der Waals surface area contributed by atoms with Crippen molar-refractivity contribution in [3.8, 4) is 33.1 Å². The molecular formula is C27H23N7OS. The first-order valence-electron chi connectivity index (χ1n) is 11.8. The first-order chi connectivity index (χ1) is 17.7. The third kappa shape index (κ3) is 4.14. The number of imidazole rings is 1. The van der Waals surface area contributed by atoms with Crippen molar-refractivity contribution in [2.75, 3.05) is 5.32 Å². The van der Waals surface area contributed by atoms with Crippen LogP contribution < -0.4 is 5.32 Å². The van der Waals surface area contributed by atoms with Gasteiger partial charge in [0.05, 0.1) is 29.1 Å². The fourth-order valence-electron chi connectivity index (χ4n) is 4.26.